The third-order valence-electron chi connectivity index (χ3n) is 1.90. The predicted octanol–water partition coefficient (Wildman–Crippen LogP) is -0.628. The van der Waals surface area contributed by atoms with E-state index in [1.54, 1.807) is 4.57 Å². The zero-order valence-corrected chi connectivity index (χ0v) is 10.4. The van der Waals surface area contributed by atoms with Crippen LogP contribution in [0, 0.1) is 4.77 Å². The number of aromatic amines is 1. The Kier molecular flexibility index (Phi) is 4.59. The minimum absolute atomic E-state index is 0.202. The van der Waals surface area contributed by atoms with Crippen LogP contribution in [-0.4, -0.2) is 41.1 Å². The van der Waals surface area contributed by atoms with E-state index in [-0.39, 0.29) is 6.61 Å². The zero-order chi connectivity index (χ0) is 12.2. The van der Waals surface area contributed by atoms with Crippen molar-refractivity contribution in [2.75, 3.05) is 12.8 Å². The normalized spacial score (nSPS) is 11.9. The number of aliphatic hydroxyl groups is 1. The first kappa shape index (κ1) is 13.3. The highest BCUT2D eigenvalue weighted by atomic mass is 32.2. The van der Waals surface area contributed by atoms with Crippen molar-refractivity contribution >= 4 is 22.2 Å². The Morgan fingerprint density at radius 3 is 2.88 bits per heavy atom. The van der Waals surface area contributed by atoms with Gasteiger partial charge in [0.25, 0.3) is 0 Å². The summed E-state index contributed by atoms with van der Waals surface area (Å²) >= 11 is 4.96. The number of nitrogens with one attached hydrogen (secondary N) is 2. The standard InChI is InChI=1S/C7H14N4O3S2/c1-16(13,14)8-3-2-4-11-6(5-12)9-10-7(11)15/h8,12H,2-5H2,1H3,(H,10,15). The number of nitrogens with zero attached hydrogens (tertiary/aromatic N) is 2. The Balaban J connectivity index is 2.49. The van der Waals surface area contributed by atoms with Crippen molar-refractivity contribution in [1.82, 2.24) is 19.5 Å². The summed E-state index contributed by atoms with van der Waals surface area (Å²) in [6, 6.07) is 0. The molecule has 0 bridgehead atoms. The van der Waals surface area contributed by atoms with Gasteiger partial charge in [0.1, 0.15) is 6.61 Å². The molecular weight excluding hydrogens is 252 g/mol. The van der Waals surface area contributed by atoms with Crippen molar-refractivity contribution in [3.63, 3.8) is 0 Å². The van der Waals surface area contributed by atoms with Gasteiger partial charge in [-0.2, -0.15) is 5.10 Å². The van der Waals surface area contributed by atoms with Gasteiger partial charge in [-0.25, -0.2) is 13.1 Å². The van der Waals surface area contributed by atoms with Crippen LogP contribution in [0.2, 0.25) is 0 Å². The van der Waals surface area contributed by atoms with Crippen LogP contribution in [0.15, 0.2) is 0 Å². The van der Waals surface area contributed by atoms with Crippen molar-refractivity contribution in [3.8, 4) is 0 Å². The van der Waals surface area contributed by atoms with Crippen LogP contribution in [0.1, 0.15) is 12.2 Å². The van der Waals surface area contributed by atoms with Gasteiger partial charge < -0.3 is 9.67 Å². The minimum Gasteiger partial charge on any atom is -0.388 e. The second-order valence-electron chi connectivity index (χ2n) is 3.27. The third-order valence-corrected chi connectivity index (χ3v) is 2.94. The molecule has 0 aliphatic heterocycles. The molecule has 0 saturated carbocycles. The molecule has 0 amide bonds. The van der Waals surface area contributed by atoms with Crippen LogP contribution in [0.4, 0.5) is 0 Å². The number of H-pyrrole nitrogens is 1. The maximum atomic E-state index is 10.8. The van der Waals surface area contributed by atoms with Gasteiger partial charge in [-0.05, 0) is 18.6 Å². The number of sulfonamides is 1. The highest BCUT2D eigenvalue weighted by molar-refractivity contribution is 7.88. The van der Waals surface area contributed by atoms with Gasteiger partial charge in [0.2, 0.25) is 10.0 Å². The first-order chi connectivity index (χ1) is 7.44. The summed E-state index contributed by atoms with van der Waals surface area (Å²) in [7, 11) is -3.15. The fourth-order valence-corrected chi connectivity index (χ4v) is 1.95. The van der Waals surface area contributed by atoms with E-state index < -0.39 is 10.0 Å². The highest BCUT2D eigenvalue weighted by Crippen LogP contribution is 1.99. The van der Waals surface area contributed by atoms with E-state index in [0.717, 1.165) is 6.26 Å². The molecule has 9 heteroatoms. The van der Waals surface area contributed by atoms with E-state index in [2.05, 4.69) is 14.9 Å². The predicted molar refractivity (Wildman–Crippen MR) is 60.8 cm³/mol. The van der Waals surface area contributed by atoms with Crippen molar-refractivity contribution in [2.24, 2.45) is 0 Å². The molecule has 7 nitrogen and oxygen atoms in total. The van der Waals surface area contributed by atoms with E-state index in [4.69, 9.17) is 17.3 Å². The highest BCUT2D eigenvalue weighted by Gasteiger charge is 2.05. The van der Waals surface area contributed by atoms with E-state index >= 15 is 0 Å². The molecule has 1 heterocycles. The second kappa shape index (κ2) is 5.53. The number of rotatable bonds is 6. The molecule has 0 atom stereocenters. The molecule has 92 valence electrons. The molecule has 1 aromatic rings. The van der Waals surface area contributed by atoms with Gasteiger partial charge >= 0.3 is 0 Å². The molecule has 0 aromatic carbocycles. The SMILES string of the molecule is CS(=O)(=O)NCCCn1c(CO)n[nH]c1=S. The van der Waals surface area contributed by atoms with Crippen molar-refractivity contribution in [3.05, 3.63) is 10.6 Å². The zero-order valence-electron chi connectivity index (χ0n) is 8.80. The fourth-order valence-electron chi connectivity index (χ4n) is 1.20. The minimum atomic E-state index is -3.15. The second-order valence-corrected chi connectivity index (χ2v) is 5.49. The molecule has 0 unspecified atom stereocenters. The summed E-state index contributed by atoms with van der Waals surface area (Å²) in [4.78, 5) is 0. The van der Waals surface area contributed by atoms with E-state index in [9.17, 15) is 8.42 Å². The van der Waals surface area contributed by atoms with Crippen LogP contribution < -0.4 is 4.72 Å². The van der Waals surface area contributed by atoms with Gasteiger partial charge in [0, 0.05) is 13.1 Å². The number of hydrogen-bond acceptors (Lipinski definition) is 5. The van der Waals surface area contributed by atoms with Gasteiger partial charge in [-0.3, -0.25) is 5.10 Å². The first-order valence-corrected chi connectivity index (χ1v) is 6.93. The molecule has 0 fully saturated rings. The molecule has 0 aliphatic rings. The van der Waals surface area contributed by atoms with Crippen molar-refractivity contribution in [2.45, 2.75) is 19.6 Å². The Morgan fingerprint density at radius 2 is 2.31 bits per heavy atom. The smallest absolute Gasteiger partial charge is 0.208 e. The van der Waals surface area contributed by atoms with Crippen molar-refractivity contribution < 1.29 is 13.5 Å². The van der Waals surface area contributed by atoms with Crippen LogP contribution in [0.3, 0.4) is 0 Å². The van der Waals surface area contributed by atoms with Gasteiger partial charge in [-0.15, -0.1) is 0 Å². The number of aromatic nitrogens is 3. The molecular formula is C7H14N4O3S2. The quantitative estimate of drug-likeness (QED) is 0.470. The van der Waals surface area contributed by atoms with Crippen LogP contribution in [0.25, 0.3) is 0 Å². The van der Waals surface area contributed by atoms with Crippen LogP contribution in [0.5, 0.6) is 0 Å². The maximum Gasteiger partial charge on any atom is 0.208 e. The van der Waals surface area contributed by atoms with Gasteiger partial charge in [0.05, 0.1) is 6.26 Å². The monoisotopic (exact) mass is 266 g/mol. The summed E-state index contributed by atoms with van der Waals surface area (Å²) in [5.41, 5.74) is 0. The Labute approximate surface area is 98.5 Å². The Hall–Kier alpha value is -0.770. The largest absolute Gasteiger partial charge is 0.388 e. The first-order valence-electron chi connectivity index (χ1n) is 4.63. The summed E-state index contributed by atoms with van der Waals surface area (Å²) in [5, 5.41) is 15.3. The van der Waals surface area contributed by atoms with E-state index in [1.807, 2.05) is 0 Å². The van der Waals surface area contributed by atoms with E-state index in [1.165, 1.54) is 0 Å². The van der Waals surface area contributed by atoms with Crippen LogP contribution in [-0.2, 0) is 23.2 Å². The summed E-state index contributed by atoms with van der Waals surface area (Å²) in [6.45, 7) is 0.636. The van der Waals surface area contributed by atoms with Gasteiger partial charge in [0.15, 0.2) is 10.6 Å². The maximum absolute atomic E-state index is 10.8. The lowest BCUT2D eigenvalue weighted by molar-refractivity contribution is 0.264. The van der Waals surface area contributed by atoms with Gasteiger partial charge in [-0.1, -0.05) is 0 Å². The van der Waals surface area contributed by atoms with Crippen LogP contribution >= 0.6 is 12.2 Å². The summed E-state index contributed by atoms with van der Waals surface area (Å²) in [5.74, 6) is 0.448. The molecule has 0 spiro atoms. The summed E-state index contributed by atoms with van der Waals surface area (Å²) in [6.07, 6.45) is 1.68. The molecule has 16 heavy (non-hydrogen) atoms. The molecule has 1 aromatic heterocycles. The molecule has 0 radical (unpaired) electrons. The average Bonchev–Trinajstić information content (AvgIpc) is 2.53. The average molecular weight is 266 g/mol. The lowest BCUT2D eigenvalue weighted by Crippen LogP contribution is -2.24. The topological polar surface area (TPSA) is 100 Å². The summed E-state index contributed by atoms with van der Waals surface area (Å²) < 4.78 is 26.0. The number of hydrogen-bond donors (Lipinski definition) is 3. The lowest BCUT2D eigenvalue weighted by atomic mass is 10.4. The third kappa shape index (κ3) is 4.00. The molecule has 0 aliphatic carbocycles. The van der Waals surface area contributed by atoms with E-state index in [0.29, 0.717) is 30.1 Å². The molecule has 0 saturated heterocycles. The fraction of sp³-hybridized carbons (Fsp3) is 0.714. The molecule has 3 N–H and O–H groups in total. The number of aliphatic hydroxyl groups excluding tert-OH is 1. The molecule has 1 rings (SSSR count). The lowest BCUT2D eigenvalue weighted by Gasteiger charge is -2.05. The Morgan fingerprint density at radius 1 is 1.62 bits per heavy atom. The Bertz CT molecular complexity index is 490. The van der Waals surface area contributed by atoms with Crippen molar-refractivity contribution in [1.29, 1.82) is 0 Å².